The fraction of sp³-hybridized carbons (Fsp3) is 0. The molecule has 0 aliphatic carbocycles. The van der Waals surface area contributed by atoms with Crippen LogP contribution >= 0.6 is 0 Å². The van der Waals surface area contributed by atoms with Crippen molar-refractivity contribution in [3.05, 3.63) is 200 Å². The molecule has 0 saturated heterocycles. The number of anilines is 3. The normalized spacial score (nSPS) is 12.0. The first-order valence-corrected chi connectivity index (χ1v) is 18.9. The summed E-state index contributed by atoms with van der Waals surface area (Å²) in [5.41, 5.74) is 13.0. The van der Waals surface area contributed by atoms with Crippen molar-refractivity contribution in [3.63, 3.8) is 0 Å². The predicted octanol–water partition coefficient (Wildman–Crippen LogP) is 14.2. The largest absolute Gasteiger partial charge is 0.311 e. The molecule has 3 heteroatoms. The van der Waals surface area contributed by atoms with Crippen LogP contribution in [0.5, 0.6) is 0 Å². The maximum absolute atomic E-state index is 2.53. The maximum atomic E-state index is 2.53. The second-order valence-corrected chi connectivity index (χ2v) is 14.5. The van der Waals surface area contributed by atoms with E-state index >= 15 is 0 Å². The topological polar surface area (TPSA) is 12.6 Å². The van der Waals surface area contributed by atoms with Crippen LogP contribution < -0.4 is 4.90 Å². The highest BCUT2D eigenvalue weighted by atomic mass is 15.1. The van der Waals surface area contributed by atoms with Crippen molar-refractivity contribution in [2.75, 3.05) is 4.90 Å². The van der Waals surface area contributed by atoms with Crippen LogP contribution in [0.2, 0.25) is 0 Å². The molecule has 0 radical (unpaired) electrons. The molecule has 0 spiro atoms. The van der Waals surface area contributed by atoms with Crippen LogP contribution in [0.1, 0.15) is 0 Å². The number of para-hydroxylation sites is 2. The summed E-state index contributed by atoms with van der Waals surface area (Å²) in [5.74, 6) is 0. The first-order valence-electron chi connectivity index (χ1n) is 18.9. The highest BCUT2D eigenvalue weighted by Gasteiger charge is 2.24. The standard InChI is InChI=1S/C52H33N3/c1-3-12-34(13-4-1)35-22-25-38(26-23-35)53(37-15-5-2-6-16-37)39-27-29-40(30-28-39)54-46-21-11-19-44-49-41-17-8-7-14-36(41)24-32-47(49)55-45-20-10-9-18-42(45)43-31-33-48(54)51(50(44)46)52(43)55/h1-33H. The molecule has 9 aromatic carbocycles. The van der Waals surface area contributed by atoms with Crippen LogP contribution in [-0.2, 0) is 0 Å². The molecule has 0 amide bonds. The maximum Gasteiger partial charge on any atom is 0.0641 e. The Kier molecular flexibility index (Phi) is 6.34. The van der Waals surface area contributed by atoms with Crippen molar-refractivity contribution in [1.29, 1.82) is 0 Å². The quantitative estimate of drug-likeness (QED) is 0.174. The van der Waals surface area contributed by atoms with Crippen molar-refractivity contribution >= 4 is 87.7 Å². The van der Waals surface area contributed by atoms with Gasteiger partial charge in [0.15, 0.2) is 0 Å². The Bertz CT molecular complexity index is 3390. The molecule has 12 aromatic rings. The van der Waals surface area contributed by atoms with Crippen LogP contribution in [-0.4, -0.2) is 8.97 Å². The van der Waals surface area contributed by atoms with Gasteiger partial charge < -0.3 is 13.9 Å². The molecule has 3 aromatic heterocycles. The van der Waals surface area contributed by atoms with E-state index in [9.17, 15) is 0 Å². The van der Waals surface area contributed by atoms with Gasteiger partial charge in [0, 0.05) is 49.7 Å². The fourth-order valence-corrected chi connectivity index (χ4v) is 9.27. The molecule has 0 unspecified atom stereocenters. The van der Waals surface area contributed by atoms with E-state index in [0.29, 0.717) is 0 Å². The van der Waals surface area contributed by atoms with Crippen molar-refractivity contribution in [1.82, 2.24) is 8.97 Å². The van der Waals surface area contributed by atoms with Gasteiger partial charge in [0.1, 0.15) is 0 Å². The third-order valence-electron chi connectivity index (χ3n) is 11.6. The van der Waals surface area contributed by atoms with E-state index < -0.39 is 0 Å². The van der Waals surface area contributed by atoms with Crippen molar-refractivity contribution < 1.29 is 0 Å². The van der Waals surface area contributed by atoms with Gasteiger partial charge >= 0.3 is 0 Å². The third-order valence-corrected chi connectivity index (χ3v) is 11.6. The molecule has 0 bridgehead atoms. The van der Waals surface area contributed by atoms with Crippen LogP contribution in [0.4, 0.5) is 17.1 Å². The van der Waals surface area contributed by atoms with Crippen molar-refractivity contribution in [2.45, 2.75) is 0 Å². The number of hydrogen-bond acceptors (Lipinski definition) is 1. The SMILES string of the molecule is c1ccc(-c2ccc(N(c3ccccc3)c3ccc(-n4c5cccc6c5c5c4ccc4c7ccccc7n(c7ccc8ccccc8c67)c45)cc3)cc2)cc1. The second-order valence-electron chi connectivity index (χ2n) is 14.5. The number of benzene rings is 9. The highest BCUT2D eigenvalue weighted by molar-refractivity contribution is 6.35. The minimum absolute atomic E-state index is 1.10. The fourth-order valence-electron chi connectivity index (χ4n) is 9.27. The van der Waals surface area contributed by atoms with Gasteiger partial charge in [0.05, 0.1) is 27.6 Å². The summed E-state index contributed by atoms with van der Waals surface area (Å²) in [6.45, 7) is 0. The minimum atomic E-state index is 1.10. The van der Waals surface area contributed by atoms with Crippen molar-refractivity contribution in [2.24, 2.45) is 0 Å². The molecule has 0 fully saturated rings. The van der Waals surface area contributed by atoms with Gasteiger partial charge in [-0.05, 0) is 100 Å². The average Bonchev–Trinajstić information content (AvgIpc) is 3.73. The van der Waals surface area contributed by atoms with Crippen LogP contribution in [0.25, 0.3) is 87.5 Å². The lowest BCUT2D eigenvalue weighted by atomic mass is 9.99. The molecule has 3 heterocycles. The van der Waals surface area contributed by atoms with Crippen LogP contribution in [0.3, 0.4) is 0 Å². The number of hydrogen-bond donors (Lipinski definition) is 0. The minimum Gasteiger partial charge on any atom is -0.311 e. The van der Waals surface area contributed by atoms with E-state index in [2.05, 4.69) is 214 Å². The number of rotatable bonds is 5. The molecule has 0 atom stereocenters. The van der Waals surface area contributed by atoms with Gasteiger partial charge in [0.25, 0.3) is 0 Å². The number of nitrogens with zero attached hydrogens (tertiary/aromatic N) is 3. The summed E-state index contributed by atoms with van der Waals surface area (Å²) >= 11 is 0. The molecule has 0 aliphatic rings. The van der Waals surface area contributed by atoms with Gasteiger partial charge in [-0.3, -0.25) is 0 Å². The zero-order valence-corrected chi connectivity index (χ0v) is 29.9. The van der Waals surface area contributed by atoms with Gasteiger partial charge in [-0.25, -0.2) is 0 Å². The Hall–Kier alpha value is -7.36. The molecule has 55 heavy (non-hydrogen) atoms. The molecular weight excluding hydrogens is 667 g/mol. The first-order chi connectivity index (χ1) is 27.3. The second kappa shape index (κ2) is 11.6. The Labute approximate surface area is 317 Å². The molecule has 0 aliphatic heterocycles. The smallest absolute Gasteiger partial charge is 0.0641 e. The lowest BCUT2D eigenvalue weighted by Gasteiger charge is -2.26. The summed E-state index contributed by atoms with van der Waals surface area (Å²) in [5, 5.41) is 10.2. The predicted molar refractivity (Wildman–Crippen MR) is 233 cm³/mol. The zero-order chi connectivity index (χ0) is 36.0. The van der Waals surface area contributed by atoms with E-state index in [0.717, 1.165) is 22.7 Å². The Balaban J connectivity index is 1.10. The molecule has 12 rings (SSSR count). The summed E-state index contributed by atoms with van der Waals surface area (Å²) in [6, 6.07) is 73.0. The summed E-state index contributed by atoms with van der Waals surface area (Å²) < 4.78 is 5.00. The van der Waals surface area contributed by atoms with Crippen molar-refractivity contribution in [3.8, 4) is 16.8 Å². The van der Waals surface area contributed by atoms with Gasteiger partial charge in [0.2, 0.25) is 0 Å². The molecule has 3 nitrogen and oxygen atoms in total. The number of aromatic nitrogens is 2. The Morgan fingerprint density at radius 2 is 0.891 bits per heavy atom. The van der Waals surface area contributed by atoms with E-state index in [1.807, 2.05) is 0 Å². The summed E-state index contributed by atoms with van der Waals surface area (Å²) in [6.07, 6.45) is 0. The van der Waals surface area contributed by atoms with E-state index in [1.54, 1.807) is 0 Å². The number of fused-ring (bicyclic) bond motifs is 8. The van der Waals surface area contributed by atoms with Gasteiger partial charge in [-0.1, -0.05) is 127 Å². The van der Waals surface area contributed by atoms with E-state index in [4.69, 9.17) is 0 Å². The highest BCUT2D eigenvalue weighted by Crippen LogP contribution is 2.46. The van der Waals surface area contributed by atoms with E-state index in [1.165, 1.54) is 81.8 Å². The lowest BCUT2D eigenvalue weighted by Crippen LogP contribution is -2.10. The molecular formula is C52H33N3. The summed E-state index contributed by atoms with van der Waals surface area (Å²) in [4.78, 5) is 2.34. The van der Waals surface area contributed by atoms with E-state index in [-0.39, 0.29) is 0 Å². The lowest BCUT2D eigenvalue weighted by molar-refractivity contribution is 1.17. The molecule has 0 N–H and O–H groups in total. The first kappa shape index (κ1) is 30.1. The summed E-state index contributed by atoms with van der Waals surface area (Å²) in [7, 11) is 0. The molecule has 0 saturated carbocycles. The van der Waals surface area contributed by atoms with Gasteiger partial charge in [-0.2, -0.15) is 0 Å². The average molecular weight is 700 g/mol. The van der Waals surface area contributed by atoms with Crippen LogP contribution in [0.15, 0.2) is 200 Å². The van der Waals surface area contributed by atoms with Gasteiger partial charge in [-0.15, -0.1) is 0 Å². The van der Waals surface area contributed by atoms with Crippen LogP contribution in [0, 0.1) is 0 Å². The Morgan fingerprint density at radius 1 is 0.309 bits per heavy atom. The molecule has 256 valence electrons. The monoisotopic (exact) mass is 699 g/mol. The Morgan fingerprint density at radius 3 is 1.69 bits per heavy atom. The third kappa shape index (κ3) is 4.32. The zero-order valence-electron chi connectivity index (χ0n) is 29.9.